The Kier molecular flexibility index (Phi) is 4.73. The second-order valence-corrected chi connectivity index (χ2v) is 5.44. The van der Waals surface area contributed by atoms with E-state index in [1.165, 1.54) is 11.3 Å². The van der Waals surface area contributed by atoms with Gasteiger partial charge in [0, 0.05) is 38.3 Å². The highest BCUT2D eigenvalue weighted by Gasteiger charge is 2.19. The quantitative estimate of drug-likeness (QED) is 0.803. The van der Waals surface area contributed by atoms with Crippen molar-refractivity contribution in [1.82, 2.24) is 5.32 Å². The van der Waals surface area contributed by atoms with Crippen molar-refractivity contribution in [2.75, 3.05) is 19.0 Å². The molecule has 1 aromatic rings. The molecule has 3 N–H and O–H groups in total. The van der Waals surface area contributed by atoms with Crippen LogP contribution in [-0.4, -0.2) is 25.5 Å². The van der Waals surface area contributed by atoms with E-state index in [0.717, 1.165) is 6.54 Å². The van der Waals surface area contributed by atoms with Crippen molar-refractivity contribution in [3.05, 3.63) is 29.8 Å². The third-order valence-electron chi connectivity index (χ3n) is 2.84. The Morgan fingerprint density at radius 1 is 1.28 bits per heavy atom. The average Bonchev–Trinajstić information content (AvgIpc) is 2.25. The molecule has 0 radical (unpaired) electrons. The number of hydrogen-bond donors (Lipinski definition) is 2. The lowest BCUT2D eigenvalue weighted by atomic mass is 10.00. The van der Waals surface area contributed by atoms with Crippen LogP contribution in [0.3, 0.4) is 0 Å². The molecule has 0 aliphatic heterocycles. The number of hydrogen-bond acceptors (Lipinski definition) is 3. The van der Waals surface area contributed by atoms with Crippen molar-refractivity contribution in [3.8, 4) is 0 Å². The lowest BCUT2D eigenvalue weighted by Gasteiger charge is -2.25. The number of rotatable bonds is 6. The summed E-state index contributed by atoms with van der Waals surface area (Å²) in [7, 11) is 4.03. The summed E-state index contributed by atoms with van der Waals surface area (Å²) in [5, 5.41) is 3.34. The maximum Gasteiger partial charge on any atom is 0.219 e. The van der Waals surface area contributed by atoms with Crippen LogP contribution in [0, 0.1) is 0 Å². The van der Waals surface area contributed by atoms with Gasteiger partial charge in [0.15, 0.2) is 0 Å². The van der Waals surface area contributed by atoms with Crippen LogP contribution in [0.5, 0.6) is 0 Å². The van der Waals surface area contributed by atoms with Crippen LogP contribution in [0.15, 0.2) is 24.3 Å². The molecule has 0 spiro atoms. The highest BCUT2D eigenvalue weighted by Crippen LogP contribution is 2.14. The van der Waals surface area contributed by atoms with Gasteiger partial charge < -0.3 is 16.0 Å². The SMILES string of the molecule is CN(C)c1ccc(CNC(C)(C)CC(N)=O)cc1. The van der Waals surface area contributed by atoms with E-state index < -0.39 is 0 Å². The van der Waals surface area contributed by atoms with Crippen molar-refractivity contribution in [2.45, 2.75) is 32.4 Å². The smallest absolute Gasteiger partial charge is 0.219 e. The van der Waals surface area contributed by atoms with Crippen LogP contribution in [0.2, 0.25) is 0 Å². The van der Waals surface area contributed by atoms with Crippen molar-refractivity contribution in [3.63, 3.8) is 0 Å². The van der Waals surface area contributed by atoms with Gasteiger partial charge in [-0.2, -0.15) is 0 Å². The van der Waals surface area contributed by atoms with Crippen LogP contribution in [-0.2, 0) is 11.3 Å². The van der Waals surface area contributed by atoms with Gasteiger partial charge in [-0.15, -0.1) is 0 Å². The van der Waals surface area contributed by atoms with Crippen LogP contribution in [0.25, 0.3) is 0 Å². The van der Waals surface area contributed by atoms with E-state index in [-0.39, 0.29) is 11.4 Å². The van der Waals surface area contributed by atoms with Gasteiger partial charge >= 0.3 is 0 Å². The molecule has 1 rings (SSSR count). The van der Waals surface area contributed by atoms with Crippen molar-refractivity contribution in [1.29, 1.82) is 0 Å². The molecule has 0 aromatic heterocycles. The fraction of sp³-hybridized carbons (Fsp3) is 0.500. The first-order valence-corrected chi connectivity index (χ1v) is 6.10. The number of benzene rings is 1. The molecule has 4 nitrogen and oxygen atoms in total. The third-order valence-corrected chi connectivity index (χ3v) is 2.84. The maximum atomic E-state index is 10.9. The maximum absolute atomic E-state index is 10.9. The molecule has 0 saturated heterocycles. The Morgan fingerprint density at radius 3 is 2.28 bits per heavy atom. The van der Waals surface area contributed by atoms with Crippen LogP contribution in [0.1, 0.15) is 25.8 Å². The summed E-state index contributed by atoms with van der Waals surface area (Å²) in [6.45, 7) is 4.69. The van der Waals surface area contributed by atoms with E-state index in [2.05, 4.69) is 34.5 Å². The standard InChI is InChI=1S/C14H23N3O/c1-14(2,9-13(15)18)16-10-11-5-7-12(8-6-11)17(3)4/h5-8,16H,9-10H2,1-4H3,(H2,15,18). The molecule has 0 saturated carbocycles. The molecule has 4 heteroatoms. The van der Waals surface area contributed by atoms with Gasteiger partial charge in [0.2, 0.25) is 5.91 Å². The molecular weight excluding hydrogens is 226 g/mol. The third kappa shape index (κ3) is 4.75. The second kappa shape index (κ2) is 5.87. The number of amides is 1. The summed E-state index contributed by atoms with van der Waals surface area (Å²) < 4.78 is 0. The van der Waals surface area contributed by atoms with Gasteiger partial charge in [-0.05, 0) is 31.5 Å². The van der Waals surface area contributed by atoms with Crippen molar-refractivity contribution < 1.29 is 4.79 Å². The molecule has 0 aliphatic rings. The molecule has 18 heavy (non-hydrogen) atoms. The largest absolute Gasteiger partial charge is 0.378 e. The number of nitrogens with zero attached hydrogens (tertiary/aromatic N) is 1. The minimum atomic E-state index is -0.282. The number of nitrogens with two attached hydrogens (primary N) is 1. The Morgan fingerprint density at radius 2 is 1.83 bits per heavy atom. The second-order valence-electron chi connectivity index (χ2n) is 5.44. The number of nitrogens with one attached hydrogen (secondary N) is 1. The Bertz CT molecular complexity index is 396. The summed E-state index contributed by atoms with van der Waals surface area (Å²) in [4.78, 5) is 13.0. The normalized spacial score (nSPS) is 11.3. The Labute approximate surface area is 109 Å². The highest BCUT2D eigenvalue weighted by molar-refractivity contribution is 5.75. The van der Waals surface area contributed by atoms with E-state index in [1.54, 1.807) is 0 Å². The number of carbonyl (C=O) groups excluding carboxylic acids is 1. The summed E-state index contributed by atoms with van der Waals surface area (Å²) >= 11 is 0. The zero-order chi connectivity index (χ0) is 13.8. The zero-order valence-electron chi connectivity index (χ0n) is 11.7. The molecule has 0 heterocycles. The van der Waals surface area contributed by atoms with E-state index in [0.29, 0.717) is 6.42 Å². The number of anilines is 1. The fourth-order valence-electron chi connectivity index (χ4n) is 1.75. The number of primary amides is 1. The molecule has 100 valence electrons. The van der Waals surface area contributed by atoms with Crippen LogP contribution >= 0.6 is 0 Å². The lowest BCUT2D eigenvalue weighted by Crippen LogP contribution is -2.42. The Hall–Kier alpha value is -1.55. The monoisotopic (exact) mass is 249 g/mol. The summed E-state index contributed by atoms with van der Waals surface area (Å²) in [6.07, 6.45) is 0.336. The first kappa shape index (κ1) is 14.5. The van der Waals surface area contributed by atoms with Gasteiger partial charge in [-0.1, -0.05) is 12.1 Å². The molecular formula is C14H23N3O. The molecule has 0 bridgehead atoms. The first-order chi connectivity index (χ1) is 8.30. The summed E-state index contributed by atoms with van der Waals surface area (Å²) in [5.41, 5.74) is 7.31. The first-order valence-electron chi connectivity index (χ1n) is 6.10. The van der Waals surface area contributed by atoms with Crippen molar-refractivity contribution >= 4 is 11.6 Å². The number of carbonyl (C=O) groups is 1. The topological polar surface area (TPSA) is 58.4 Å². The predicted octanol–water partition coefficient (Wildman–Crippen LogP) is 1.50. The van der Waals surface area contributed by atoms with Gasteiger partial charge in [0.05, 0.1) is 0 Å². The van der Waals surface area contributed by atoms with E-state index in [1.807, 2.05) is 27.9 Å². The minimum absolute atomic E-state index is 0.272. The average molecular weight is 249 g/mol. The minimum Gasteiger partial charge on any atom is -0.378 e. The van der Waals surface area contributed by atoms with Crippen molar-refractivity contribution in [2.24, 2.45) is 5.73 Å². The summed E-state index contributed by atoms with van der Waals surface area (Å²) in [6, 6.07) is 8.33. The van der Waals surface area contributed by atoms with E-state index in [4.69, 9.17) is 5.73 Å². The molecule has 1 aromatic carbocycles. The van der Waals surface area contributed by atoms with E-state index >= 15 is 0 Å². The zero-order valence-corrected chi connectivity index (χ0v) is 11.7. The molecule has 0 aliphatic carbocycles. The molecule has 1 amide bonds. The van der Waals surface area contributed by atoms with Gasteiger partial charge in [0.1, 0.15) is 0 Å². The van der Waals surface area contributed by atoms with Gasteiger partial charge in [-0.3, -0.25) is 4.79 Å². The van der Waals surface area contributed by atoms with Crippen LogP contribution in [0.4, 0.5) is 5.69 Å². The van der Waals surface area contributed by atoms with Crippen LogP contribution < -0.4 is 16.0 Å². The fourth-order valence-corrected chi connectivity index (χ4v) is 1.75. The highest BCUT2D eigenvalue weighted by atomic mass is 16.1. The van der Waals surface area contributed by atoms with Gasteiger partial charge in [-0.25, -0.2) is 0 Å². The lowest BCUT2D eigenvalue weighted by molar-refractivity contribution is -0.119. The Balaban J connectivity index is 2.55. The van der Waals surface area contributed by atoms with Gasteiger partial charge in [0.25, 0.3) is 0 Å². The molecule has 0 fully saturated rings. The summed E-state index contributed by atoms with van der Waals surface area (Å²) in [5.74, 6) is -0.282. The van der Waals surface area contributed by atoms with E-state index in [9.17, 15) is 4.79 Å². The molecule has 0 atom stereocenters. The predicted molar refractivity (Wildman–Crippen MR) is 75.5 cm³/mol. The molecule has 0 unspecified atom stereocenters.